The molecule has 2 heterocycles. The van der Waals surface area contributed by atoms with Crippen LogP contribution in [0.2, 0.25) is 0 Å². The number of nitrogens with one attached hydrogen (secondary N) is 1. The van der Waals surface area contributed by atoms with E-state index in [2.05, 4.69) is 24.1 Å². The number of aromatic nitrogens is 1. The summed E-state index contributed by atoms with van der Waals surface area (Å²) in [6.45, 7) is 5.00. The van der Waals surface area contributed by atoms with Gasteiger partial charge in [-0.1, -0.05) is 13.8 Å². The number of fused-ring (bicyclic) bond motifs is 3. The third kappa shape index (κ3) is 2.33. The van der Waals surface area contributed by atoms with Crippen LogP contribution < -0.4 is 11.1 Å². The number of hydrogen-bond donors (Lipinski definition) is 2. The van der Waals surface area contributed by atoms with E-state index in [1.54, 1.807) is 18.3 Å². The highest BCUT2D eigenvalue weighted by atomic mass is 32.2. The molecule has 0 saturated carbocycles. The fourth-order valence-corrected chi connectivity index (χ4v) is 4.28. The molecule has 0 unspecified atom stereocenters. The molecule has 0 bridgehead atoms. The summed E-state index contributed by atoms with van der Waals surface area (Å²) in [4.78, 5) is 4.76. The maximum Gasteiger partial charge on any atom is 0.179 e. The molecule has 1 aliphatic heterocycles. The zero-order valence-electron chi connectivity index (χ0n) is 12.2. The van der Waals surface area contributed by atoms with Crippen LogP contribution in [-0.4, -0.2) is 25.7 Å². The third-order valence-electron chi connectivity index (χ3n) is 3.77. The number of anilines is 2. The van der Waals surface area contributed by atoms with Gasteiger partial charge in [-0.15, -0.1) is 0 Å². The Hall–Kier alpha value is -1.82. The van der Waals surface area contributed by atoms with Gasteiger partial charge < -0.3 is 11.1 Å². The highest BCUT2D eigenvalue weighted by Crippen LogP contribution is 2.37. The Kier molecular flexibility index (Phi) is 3.28. The lowest BCUT2D eigenvalue weighted by Crippen LogP contribution is -2.11. The fourth-order valence-electron chi connectivity index (χ4n) is 2.73. The molecular formula is C15H19N3O2S. The molecule has 2 aromatic rings. The maximum absolute atomic E-state index is 12.1. The van der Waals surface area contributed by atoms with Crippen molar-refractivity contribution in [3.05, 3.63) is 23.9 Å². The van der Waals surface area contributed by atoms with E-state index in [-0.39, 0.29) is 5.75 Å². The van der Waals surface area contributed by atoms with Crippen molar-refractivity contribution in [1.82, 2.24) is 4.98 Å². The lowest BCUT2D eigenvalue weighted by molar-refractivity contribution is 0.600. The smallest absolute Gasteiger partial charge is 0.179 e. The van der Waals surface area contributed by atoms with Crippen molar-refractivity contribution in [2.45, 2.75) is 25.2 Å². The predicted molar refractivity (Wildman–Crippen MR) is 85.2 cm³/mol. The molecule has 0 amide bonds. The first-order valence-corrected chi connectivity index (χ1v) is 8.72. The van der Waals surface area contributed by atoms with E-state index >= 15 is 0 Å². The molecule has 5 nitrogen and oxygen atoms in total. The molecule has 0 spiro atoms. The van der Waals surface area contributed by atoms with Crippen molar-refractivity contribution in [3.8, 4) is 0 Å². The lowest BCUT2D eigenvalue weighted by atomic mass is 10.0. The standard InChI is InChI=1S/C15H19N3O2S/c1-9(2)7-18-15-11(16)8-17-12-3-4-13-10(14(12)15)5-6-21(13,19)20/h3-4,8-9H,5-7,16H2,1-2H3,(H,17,18). The van der Waals surface area contributed by atoms with Gasteiger partial charge in [0, 0.05) is 11.9 Å². The Balaban J connectivity index is 2.26. The van der Waals surface area contributed by atoms with Gasteiger partial charge in [-0.3, -0.25) is 4.98 Å². The number of sulfone groups is 1. The van der Waals surface area contributed by atoms with Crippen LogP contribution in [0.25, 0.3) is 10.9 Å². The van der Waals surface area contributed by atoms with Gasteiger partial charge in [-0.05, 0) is 30.0 Å². The van der Waals surface area contributed by atoms with Gasteiger partial charge in [0.15, 0.2) is 9.84 Å². The van der Waals surface area contributed by atoms with Crippen molar-refractivity contribution in [1.29, 1.82) is 0 Å². The summed E-state index contributed by atoms with van der Waals surface area (Å²) in [7, 11) is -3.15. The second kappa shape index (κ2) is 4.87. The fraction of sp³-hybridized carbons (Fsp3) is 0.400. The number of nitrogens with two attached hydrogens (primary N) is 1. The van der Waals surface area contributed by atoms with Gasteiger partial charge in [-0.2, -0.15) is 0 Å². The Morgan fingerprint density at radius 2 is 2.14 bits per heavy atom. The quantitative estimate of drug-likeness (QED) is 0.908. The van der Waals surface area contributed by atoms with E-state index in [9.17, 15) is 8.42 Å². The highest BCUT2D eigenvalue weighted by molar-refractivity contribution is 7.91. The van der Waals surface area contributed by atoms with Crippen LogP contribution in [0, 0.1) is 5.92 Å². The molecule has 3 N–H and O–H groups in total. The van der Waals surface area contributed by atoms with Crippen LogP contribution >= 0.6 is 0 Å². The topological polar surface area (TPSA) is 85.1 Å². The molecular weight excluding hydrogens is 286 g/mol. The molecule has 1 aromatic carbocycles. The number of pyridine rings is 1. The van der Waals surface area contributed by atoms with Gasteiger partial charge in [-0.25, -0.2) is 8.42 Å². The number of aryl methyl sites for hydroxylation is 1. The molecule has 21 heavy (non-hydrogen) atoms. The van der Waals surface area contributed by atoms with Crippen molar-refractivity contribution in [2.24, 2.45) is 5.92 Å². The summed E-state index contributed by atoms with van der Waals surface area (Å²) in [5, 5.41) is 4.21. The Bertz CT molecular complexity index is 813. The Labute approximate surface area is 124 Å². The van der Waals surface area contributed by atoms with Crippen molar-refractivity contribution in [3.63, 3.8) is 0 Å². The molecule has 1 aliphatic rings. The number of nitrogens with zero attached hydrogens (tertiary/aromatic N) is 1. The van der Waals surface area contributed by atoms with Crippen molar-refractivity contribution >= 4 is 32.1 Å². The average Bonchev–Trinajstić information content (AvgIpc) is 2.73. The summed E-state index contributed by atoms with van der Waals surface area (Å²) in [5.41, 5.74) is 9.05. The Morgan fingerprint density at radius 1 is 1.38 bits per heavy atom. The molecule has 1 aromatic heterocycles. The van der Waals surface area contributed by atoms with E-state index in [0.717, 1.165) is 28.7 Å². The van der Waals surface area contributed by atoms with Gasteiger partial charge in [0.2, 0.25) is 0 Å². The predicted octanol–water partition coefficient (Wildman–Crippen LogP) is 2.21. The number of benzene rings is 1. The van der Waals surface area contributed by atoms with E-state index in [4.69, 9.17) is 5.73 Å². The van der Waals surface area contributed by atoms with Crippen LogP contribution in [0.15, 0.2) is 23.2 Å². The van der Waals surface area contributed by atoms with E-state index in [1.807, 2.05) is 0 Å². The van der Waals surface area contributed by atoms with Crippen molar-refractivity contribution in [2.75, 3.05) is 23.3 Å². The van der Waals surface area contributed by atoms with Gasteiger partial charge in [0.05, 0.1) is 33.7 Å². The van der Waals surface area contributed by atoms with Crippen LogP contribution in [-0.2, 0) is 16.3 Å². The average molecular weight is 305 g/mol. The third-order valence-corrected chi connectivity index (χ3v) is 5.57. The summed E-state index contributed by atoms with van der Waals surface area (Å²) in [5.74, 6) is 0.632. The lowest BCUT2D eigenvalue weighted by Gasteiger charge is -2.16. The van der Waals surface area contributed by atoms with E-state index < -0.39 is 9.84 Å². The summed E-state index contributed by atoms with van der Waals surface area (Å²) < 4.78 is 24.2. The van der Waals surface area contributed by atoms with Crippen molar-refractivity contribution < 1.29 is 8.42 Å². The number of rotatable bonds is 3. The van der Waals surface area contributed by atoms with E-state index in [1.165, 1.54) is 0 Å². The van der Waals surface area contributed by atoms with Crippen LogP contribution in [0.3, 0.4) is 0 Å². The first-order valence-electron chi connectivity index (χ1n) is 7.07. The summed E-state index contributed by atoms with van der Waals surface area (Å²) >= 11 is 0. The largest absolute Gasteiger partial charge is 0.396 e. The zero-order chi connectivity index (χ0) is 15.2. The summed E-state index contributed by atoms with van der Waals surface area (Å²) in [6, 6.07) is 3.42. The molecule has 3 rings (SSSR count). The van der Waals surface area contributed by atoms with Crippen LogP contribution in [0.1, 0.15) is 19.4 Å². The minimum Gasteiger partial charge on any atom is -0.396 e. The minimum atomic E-state index is -3.15. The zero-order valence-corrected chi connectivity index (χ0v) is 13.0. The monoisotopic (exact) mass is 305 g/mol. The number of nitrogen functional groups attached to an aromatic ring is 1. The highest BCUT2D eigenvalue weighted by Gasteiger charge is 2.29. The molecule has 112 valence electrons. The normalized spacial score (nSPS) is 16.3. The van der Waals surface area contributed by atoms with Gasteiger partial charge in [0.1, 0.15) is 0 Å². The first-order chi connectivity index (χ1) is 9.90. The summed E-state index contributed by atoms with van der Waals surface area (Å²) in [6.07, 6.45) is 2.15. The molecule has 0 saturated heterocycles. The molecule has 0 fully saturated rings. The second-order valence-corrected chi connectivity index (χ2v) is 7.95. The van der Waals surface area contributed by atoms with Crippen LogP contribution in [0.5, 0.6) is 0 Å². The van der Waals surface area contributed by atoms with Gasteiger partial charge >= 0.3 is 0 Å². The van der Waals surface area contributed by atoms with E-state index in [0.29, 0.717) is 22.9 Å². The molecule has 0 radical (unpaired) electrons. The maximum atomic E-state index is 12.1. The minimum absolute atomic E-state index is 0.167. The SMILES string of the molecule is CC(C)CNc1c(N)cnc2ccc3c(c12)CCS3(=O)=O. The number of hydrogen-bond acceptors (Lipinski definition) is 5. The van der Waals surface area contributed by atoms with Gasteiger partial charge in [0.25, 0.3) is 0 Å². The van der Waals surface area contributed by atoms with Crippen LogP contribution in [0.4, 0.5) is 11.4 Å². The first kappa shape index (κ1) is 14.1. The molecule has 6 heteroatoms. The Morgan fingerprint density at radius 3 is 2.86 bits per heavy atom. The molecule has 0 atom stereocenters. The molecule has 0 aliphatic carbocycles. The second-order valence-electron chi connectivity index (χ2n) is 5.87.